The highest BCUT2D eigenvalue weighted by Crippen LogP contribution is 2.00. The summed E-state index contributed by atoms with van der Waals surface area (Å²) in [7, 11) is -3.03. The zero-order valence-electron chi connectivity index (χ0n) is 9.90. The molecule has 0 bridgehead atoms. The van der Waals surface area contributed by atoms with Gasteiger partial charge in [0.1, 0.15) is 0 Å². The highest BCUT2D eigenvalue weighted by molar-refractivity contribution is 7.89. The van der Waals surface area contributed by atoms with Gasteiger partial charge in [-0.05, 0) is 13.8 Å². The second-order valence-corrected chi connectivity index (χ2v) is 5.98. The fraction of sp³-hybridized carbons (Fsp3) is 1.00. The van der Waals surface area contributed by atoms with E-state index in [9.17, 15) is 8.42 Å². The van der Waals surface area contributed by atoms with E-state index in [1.54, 1.807) is 6.92 Å². The van der Waals surface area contributed by atoms with Crippen LogP contribution in [0.25, 0.3) is 0 Å². The molecule has 1 atom stereocenters. The number of rotatable bonds is 5. The standard InChI is InChI=1S/C9H21N3O2S.ClH/c1-3-15(13,14)11-5-7-12-6-4-10-8-9(12)2;/h9-11H,3-8H2,1-2H3;1H/t9-;/m1./s1. The first-order valence-corrected chi connectivity index (χ1v) is 7.12. The molecule has 0 spiro atoms. The van der Waals surface area contributed by atoms with Crippen LogP contribution in [0.5, 0.6) is 0 Å². The number of hydrogen-bond acceptors (Lipinski definition) is 4. The summed E-state index contributed by atoms with van der Waals surface area (Å²) in [5.74, 6) is 0.157. The van der Waals surface area contributed by atoms with Crippen molar-refractivity contribution in [3.05, 3.63) is 0 Å². The molecule has 1 rings (SSSR count). The fourth-order valence-electron chi connectivity index (χ4n) is 1.66. The van der Waals surface area contributed by atoms with Crippen LogP contribution in [0.15, 0.2) is 0 Å². The van der Waals surface area contributed by atoms with Crippen molar-refractivity contribution < 1.29 is 8.42 Å². The van der Waals surface area contributed by atoms with Crippen LogP contribution in [0.1, 0.15) is 13.8 Å². The molecule has 0 aliphatic carbocycles. The van der Waals surface area contributed by atoms with Gasteiger partial charge in [0.25, 0.3) is 0 Å². The van der Waals surface area contributed by atoms with E-state index >= 15 is 0 Å². The summed E-state index contributed by atoms with van der Waals surface area (Å²) in [6.45, 7) is 8.08. The number of hydrogen-bond donors (Lipinski definition) is 2. The second kappa shape index (κ2) is 7.45. The Labute approximate surface area is 104 Å². The molecule has 0 unspecified atom stereocenters. The van der Waals surface area contributed by atoms with E-state index in [1.807, 2.05) is 0 Å². The van der Waals surface area contributed by atoms with Crippen LogP contribution in [0.3, 0.4) is 0 Å². The Morgan fingerprint density at radius 2 is 2.19 bits per heavy atom. The Kier molecular flexibility index (Phi) is 7.50. The zero-order chi connectivity index (χ0) is 11.3. The normalized spacial score (nSPS) is 22.8. The number of piperazine rings is 1. The molecule has 1 fully saturated rings. The van der Waals surface area contributed by atoms with Gasteiger partial charge in [-0.3, -0.25) is 4.90 Å². The molecule has 0 saturated carbocycles. The summed E-state index contributed by atoms with van der Waals surface area (Å²) >= 11 is 0. The van der Waals surface area contributed by atoms with E-state index in [4.69, 9.17) is 0 Å². The quantitative estimate of drug-likeness (QED) is 0.717. The summed E-state index contributed by atoms with van der Waals surface area (Å²) in [6, 6.07) is 0.491. The third-order valence-electron chi connectivity index (χ3n) is 2.74. The molecule has 5 nitrogen and oxygen atoms in total. The summed E-state index contributed by atoms with van der Waals surface area (Å²) < 4.78 is 24.9. The zero-order valence-corrected chi connectivity index (χ0v) is 11.5. The number of sulfonamides is 1. The highest BCUT2D eigenvalue weighted by Gasteiger charge is 2.17. The molecular weight excluding hydrogens is 250 g/mol. The van der Waals surface area contributed by atoms with Gasteiger partial charge >= 0.3 is 0 Å². The molecule has 0 aromatic rings. The molecular formula is C9H22ClN3O2S. The third-order valence-corrected chi connectivity index (χ3v) is 4.14. The minimum absolute atomic E-state index is 0. The minimum Gasteiger partial charge on any atom is -0.314 e. The largest absolute Gasteiger partial charge is 0.314 e. The summed E-state index contributed by atoms with van der Waals surface area (Å²) in [4.78, 5) is 2.30. The molecule has 1 heterocycles. The van der Waals surface area contributed by atoms with Crippen molar-refractivity contribution in [3.8, 4) is 0 Å². The topological polar surface area (TPSA) is 61.4 Å². The van der Waals surface area contributed by atoms with Gasteiger partial charge in [-0.1, -0.05) is 0 Å². The lowest BCUT2D eigenvalue weighted by Gasteiger charge is -2.33. The molecule has 0 aromatic carbocycles. The van der Waals surface area contributed by atoms with Crippen molar-refractivity contribution >= 4 is 22.4 Å². The van der Waals surface area contributed by atoms with Crippen molar-refractivity contribution in [1.29, 1.82) is 0 Å². The van der Waals surface area contributed by atoms with Gasteiger partial charge in [-0.2, -0.15) is 0 Å². The van der Waals surface area contributed by atoms with E-state index in [0.717, 1.165) is 26.2 Å². The predicted octanol–water partition coefficient (Wildman–Crippen LogP) is -0.359. The number of nitrogens with one attached hydrogen (secondary N) is 2. The van der Waals surface area contributed by atoms with Crippen LogP contribution < -0.4 is 10.0 Å². The first-order chi connectivity index (χ1) is 7.05. The van der Waals surface area contributed by atoms with Crippen molar-refractivity contribution in [2.24, 2.45) is 0 Å². The summed E-state index contributed by atoms with van der Waals surface area (Å²) in [6.07, 6.45) is 0. The molecule has 0 amide bonds. The number of halogens is 1. The van der Waals surface area contributed by atoms with E-state index in [2.05, 4.69) is 21.9 Å². The first kappa shape index (κ1) is 16.1. The predicted molar refractivity (Wildman–Crippen MR) is 68.6 cm³/mol. The maximum Gasteiger partial charge on any atom is 0.211 e. The second-order valence-electron chi connectivity index (χ2n) is 3.89. The van der Waals surface area contributed by atoms with Crippen LogP contribution in [-0.4, -0.2) is 57.8 Å². The van der Waals surface area contributed by atoms with Gasteiger partial charge in [0, 0.05) is 38.8 Å². The smallest absolute Gasteiger partial charge is 0.211 e. The van der Waals surface area contributed by atoms with Crippen LogP contribution in [0, 0.1) is 0 Å². The van der Waals surface area contributed by atoms with Crippen LogP contribution >= 0.6 is 12.4 Å². The molecule has 1 saturated heterocycles. The number of nitrogens with zero attached hydrogens (tertiary/aromatic N) is 1. The summed E-state index contributed by atoms with van der Waals surface area (Å²) in [5, 5.41) is 3.30. The monoisotopic (exact) mass is 271 g/mol. The molecule has 1 aliphatic rings. The maximum absolute atomic E-state index is 11.2. The van der Waals surface area contributed by atoms with Crippen LogP contribution in [0.4, 0.5) is 0 Å². The van der Waals surface area contributed by atoms with Crippen molar-refractivity contribution in [2.45, 2.75) is 19.9 Å². The lowest BCUT2D eigenvalue weighted by atomic mass is 10.2. The Morgan fingerprint density at radius 3 is 2.75 bits per heavy atom. The Bertz CT molecular complexity index is 284. The molecule has 0 radical (unpaired) electrons. The Morgan fingerprint density at radius 1 is 1.50 bits per heavy atom. The average Bonchev–Trinajstić information content (AvgIpc) is 2.21. The fourth-order valence-corrected chi connectivity index (χ4v) is 2.27. The lowest BCUT2D eigenvalue weighted by molar-refractivity contribution is 0.177. The third kappa shape index (κ3) is 5.45. The van der Waals surface area contributed by atoms with E-state index < -0.39 is 10.0 Å². The molecule has 16 heavy (non-hydrogen) atoms. The van der Waals surface area contributed by atoms with E-state index in [0.29, 0.717) is 12.6 Å². The molecule has 2 N–H and O–H groups in total. The van der Waals surface area contributed by atoms with Crippen molar-refractivity contribution in [3.63, 3.8) is 0 Å². The SMILES string of the molecule is CCS(=O)(=O)NCCN1CCNC[C@H]1C.Cl. The molecule has 1 aliphatic heterocycles. The van der Waals surface area contributed by atoms with Crippen LogP contribution in [-0.2, 0) is 10.0 Å². The van der Waals surface area contributed by atoms with Gasteiger partial charge in [0.05, 0.1) is 5.75 Å². The van der Waals surface area contributed by atoms with Gasteiger partial charge in [-0.15, -0.1) is 12.4 Å². The first-order valence-electron chi connectivity index (χ1n) is 5.47. The van der Waals surface area contributed by atoms with E-state index in [-0.39, 0.29) is 18.2 Å². The van der Waals surface area contributed by atoms with Gasteiger partial charge in [0.2, 0.25) is 10.0 Å². The van der Waals surface area contributed by atoms with Gasteiger partial charge in [0.15, 0.2) is 0 Å². The van der Waals surface area contributed by atoms with Crippen molar-refractivity contribution in [1.82, 2.24) is 14.9 Å². The summed E-state index contributed by atoms with van der Waals surface area (Å²) in [5.41, 5.74) is 0. The highest BCUT2D eigenvalue weighted by atomic mass is 35.5. The van der Waals surface area contributed by atoms with Gasteiger partial charge < -0.3 is 5.32 Å². The average molecular weight is 272 g/mol. The Balaban J connectivity index is 0.00000225. The maximum atomic E-state index is 11.2. The lowest BCUT2D eigenvalue weighted by Crippen LogP contribution is -2.51. The van der Waals surface area contributed by atoms with E-state index in [1.165, 1.54) is 0 Å². The minimum atomic E-state index is -3.03. The molecule has 7 heteroatoms. The molecule has 0 aromatic heterocycles. The van der Waals surface area contributed by atoms with Gasteiger partial charge in [-0.25, -0.2) is 13.1 Å². The van der Waals surface area contributed by atoms with Crippen LogP contribution in [0.2, 0.25) is 0 Å². The molecule has 98 valence electrons. The Hall–Kier alpha value is 0.120. The van der Waals surface area contributed by atoms with Crippen molar-refractivity contribution in [2.75, 3.05) is 38.5 Å².